The molecule has 2 aliphatic heterocycles. The number of para-hydroxylation sites is 1. The highest BCUT2D eigenvalue weighted by Gasteiger charge is 2.27. The zero-order chi connectivity index (χ0) is 22.0. The van der Waals surface area contributed by atoms with E-state index in [2.05, 4.69) is 76.4 Å². The minimum Gasteiger partial charge on any atom is -0.369 e. The predicted molar refractivity (Wildman–Crippen MR) is 133 cm³/mol. The van der Waals surface area contributed by atoms with Gasteiger partial charge in [-0.15, -0.1) is 0 Å². The summed E-state index contributed by atoms with van der Waals surface area (Å²) < 4.78 is 0. The summed E-state index contributed by atoms with van der Waals surface area (Å²) in [5.74, 6) is 0.799. The normalized spacial score (nSPS) is 20.2. The summed E-state index contributed by atoms with van der Waals surface area (Å²) >= 11 is 0. The molecule has 0 saturated carbocycles. The number of aliphatic imine (C=N–C) groups is 2. The van der Waals surface area contributed by atoms with Crippen LogP contribution < -0.4 is 9.80 Å². The zero-order valence-corrected chi connectivity index (χ0v) is 18.6. The van der Waals surface area contributed by atoms with Crippen molar-refractivity contribution in [3.05, 3.63) is 72.6 Å². The lowest BCUT2D eigenvalue weighted by molar-refractivity contribution is 0.313. The van der Waals surface area contributed by atoms with Gasteiger partial charge in [0, 0.05) is 57.2 Å². The number of anilines is 2. The fraction of sp³-hybridized carbons (Fsp3) is 0.280. The van der Waals surface area contributed by atoms with Gasteiger partial charge in [-0.05, 0) is 44.1 Å². The Morgan fingerprint density at radius 3 is 2.23 bits per heavy atom. The number of rotatable bonds is 3. The fourth-order valence-electron chi connectivity index (χ4n) is 4.06. The highest BCUT2D eigenvalue weighted by molar-refractivity contribution is 6.13. The standard InChI is InChI=1S/C25H30N6/c1-19-22-8-6-7-9-23(22)30(5)25(24(18-26-2)29(19)4)27-20-10-12-21(13-11-20)31-16-14-28(3)15-17-31/h6-13,18H,1-2,14-17H2,3-5H3/b24-18+,27-25+. The number of likely N-dealkylation sites (N-methyl/N-ethyl adjacent to an activating group) is 3. The molecule has 2 heterocycles. The number of fused-ring (bicyclic) bond motifs is 1. The Kier molecular flexibility index (Phi) is 5.91. The SMILES string of the molecule is C=N/C=C1\C(=N/c2ccc(N3CCN(C)CC3)cc2)N(C)c2ccccc2C(=C)N1C. The quantitative estimate of drug-likeness (QED) is 0.710. The van der Waals surface area contributed by atoms with Gasteiger partial charge >= 0.3 is 0 Å². The van der Waals surface area contributed by atoms with E-state index in [1.807, 2.05) is 31.1 Å². The third kappa shape index (κ3) is 4.11. The van der Waals surface area contributed by atoms with Gasteiger partial charge in [0.15, 0.2) is 5.84 Å². The molecule has 0 aromatic heterocycles. The van der Waals surface area contributed by atoms with Crippen LogP contribution in [0.2, 0.25) is 0 Å². The molecule has 0 N–H and O–H groups in total. The van der Waals surface area contributed by atoms with Crippen LogP contribution in [0, 0.1) is 0 Å². The Bertz CT molecular complexity index is 1030. The molecule has 0 unspecified atom stereocenters. The van der Waals surface area contributed by atoms with Crippen LogP contribution in [0.3, 0.4) is 0 Å². The monoisotopic (exact) mass is 414 g/mol. The summed E-state index contributed by atoms with van der Waals surface area (Å²) in [5.41, 5.74) is 6.01. The van der Waals surface area contributed by atoms with Crippen LogP contribution in [0.5, 0.6) is 0 Å². The average molecular weight is 415 g/mol. The van der Waals surface area contributed by atoms with Crippen molar-refractivity contribution in [2.75, 3.05) is 57.1 Å². The maximum Gasteiger partial charge on any atom is 0.159 e. The molecule has 0 radical (unpaired) electrons. The highest BCUT2D eigenvalue weighted by atomic mass is 15.3. The maximum absolute atomic E-state index is 5.02. The molecule has 2 aromatic carbocycles. The van der Waals surface area contributed by atoms with Gasteiger partial charge in [0.25, 0.3) is 0 Å². The molecule has 0 spiro atoms. The minimum atomic E-state index is 0.799. The Morgan fingerprint density at radius 1 is 0.871 bits per heavy atom. The number of benzene rings is 2. The summed E-state index contributed by atoms with van der Waals surface area (Å²) in [6.45, 7) is 12.3. The maximum atomic E-state index is 5.02. The van der Waals surface area contributed by atoms with Gasteiger partial charge in [-0.1, -0.05) is 24.8 Å². The number of hydrogen-bond acceptors (Lipinski definition) is 5. The van der Waals surface area contributed by atoms with E-state index in [0.29, 0.717) is 0 Å². The molecule has 4 rings (SSSR count). The third-order valence-corrected chi connectivity index (χ3v) is 6.06. The Balaban J connectivity index is 1.71. The van der Waals surface area contributed by atoms with Gasteiger partial charge in [-0.25, -0.2) is 4.99 Å². The molecule has 1 saturated heterocycles. The van der Waals surface area contributed by atoms with Crippen molar-refractivity contribution in [2.24, 2.45) is 9.98 Å². The van der Waals surface area contributed by atoms with Gasteiger partial charge < -0.3 is 19.6 Å². The first-order valence-electron chi connectivity index (χ1n) is 10.5. The van der Waals surface area contributed by atoms with E-state index >= 15 is 0 Å². The minimum absolute atomic E-state index is 0.799. The van der Waals surface area contributed by atoms with E-state index in [0.717, 1.165) is 60.3 Å². The Hall–Kier alpha value is -3.38. The first-order valence-corrected chi connectivity index (χ1v) is 10.5. The molecule has 0 bridgehead atoms. The second-order valence-corrected chi connectivity index (χ2v) is 8.02. The summed E-state index contributed by atoms with van der Waals surface area (Å²) in [6, 6.07) is 16.7. The molecular formula is C25H30N6. The van der Waals surface area contributed by atoms with Crippen LogP contribution in [0.15, 0.2) is 77.0 Å². The zero-order valence-electron chi connectivity index (χ0n) is 18.6. The van der Waals surface area contributed by atoms with Crippen LogP contribution in [-0.2, 0) is 0 Å². The average Bonchev–Trinajstić information content (AvgIpc) is 2.87. The molecule has 1 fully saturated rings. The van der Waals surface area contributed by atoms with Crippen molar-refractivity contribution in [3.8, 4) is 0 Å². The van der Waals surface area contributed by atoms with E-state index in [1.54, 1.807) is 6.20 Å². The summed E-state index contributed by atoms with van der Waals surface area (Å²) in [4.78, 5) is 18.0. The summed E-state index contributed by atoms with van der Waals surface area (Å²) in [6.07, 6.45) is 1.74. The lowest BCUT2D eigenvalue weighted by Gasteiger charge is -2.34. The van der Waals surface area contributed by atoms with Crippen LogP contribution in [0.1, 0.15) is 5.56 Å². The lowest BCUT2D eigenvalue weighted by atomic mass is 10.1. The molecule has 160 valence electrons. The van der Waals surface area contributed by atoms with Gasteiger partial charge in [-0.2, -0.15) is 0 Å². The van der Waals surface area contributed by atoms with E-state index < -0.39 is 0 Å². The fourth-order valence-corrected chi connectivity index (χ4v) is 4.06. The highest BCUT2D eigenvalue weighted by Crippen LogP contribution is 2.35. The second-order valence-electron chi connectivity index (χ2n) is 8.02. The van der Waals surface area contributed by atoms with Gasteiger partial charge in [-0.3, -0.25) is 4.99 Å². The molecule has 0 amide bonds. The topological polar surface area (TPSA) is 37.7 Å². The molecule has 0 aliphatic carbocycles. The van der Waals surface area contributed by atoms with E-state index in [-0.39, 0.29) is 0 Å². The molecular weight excluding hydrogens is 384 g/mol. The largest absolute Gasteiger partial charge is 0.369 e. The number of piperazine rings is 1. The smallest absolute Gasteiger partial charge is 0.159 e. The van der Waals surface area contributed by atoms with Gasteiger partial charge in [0.2, 0.25) is 0 Å². The Morgan fingerprint density at radius 2 is 1.55 bits per heavy atom. The van der Waals surface area contributed by atoms with E-state index in [4.69, 9.17) is 4.99 Å². The van der Waals surface area contributed by atoms with E-state index in [9.17, 15) is 0 Å². The molecule has 2 aliphatic rings. The number of hydrogen-bond donors (Lipinski definition) is 0. The molecule has 2 aromatic rings. The lowest BCUT2D eigenvalue weighted by Crippen LogP contribution is -2.44. The van der Waals surface area contributed by atoms with Crippen molar-refractivity contribution in [2.45, 2.75) is 0 Å². The predicted octanol–water partition coefficient (Wildman–Crippen LogP) is 4.06. The molecule has 31 heavy (non-hydrogen) atoms. The molecule has 0 atom stereocenters. The van der Waals surface area contributed by atoms with Gasteiger partial charge in [0.05, 0.1) is 17.6 Å². The van der Waals surface area contributed by atoms with Gasteiger partial charge in [0.1, 0.15) is 5.70 Å². The van der Waals surface area contributed by atoms with Crippen LogP contribution >= 0.6 is 0 Å². The first kappa shape index (κ1) is 20.9. The first-order chi connectivity index (χ1) is 15.0. The second kappa shape index (κ2) is 8.78. The number of amidine groups is 1. The Labute approximate surface area is 185 Å². The molecule has 6 heteroatoms. The van der Waals surface area contributed by atoms with Crippen LogP contribution in [0.25, 0.3) is 5.70 Å². The van der Waals surface area contributed by atoms with Crippen molar-refractivity contribution in [1.82, 2.24) is 9.80 Å². The molecule has 6 nitrogen and oxygen atoms in total. The van der Waals surface area contributed by atoms with Crippen molar-refractivity contribution >= 4 is 35.3 Å². The third-order valence-electron chi connectivity index (χ3n) is 6.06. The van der Waals surface area contributed by atoms with Crippen LogP contribution in [0.4, 0.5) is 17.1 Å². The van der Waals surface area contributed by atoms with Crippen molar-refractivity contribution in [1.29, 1.82) is 0 Å². The summed E-state index contributed by atoms with van der Waals surface area (Å²) in [5, 5.41) is 0. The summed E-state index contributed by atoms with van der Waals surface area (Å²) in [7, 11) is 6.19. The van der Waals surface area contributed by atoms with Crippen LogP contribution in [-0.4, -0.2) is 69.7 Å². The van der Waals surface area contributed by atoms with Crippen molar-refractivity contribution in [3.63, 3.8) is 0 Å². The number of nitrogens with zero attached hydrogens (tertiary/aromatic N) is 6. The van der Waals surface area contributed by atoms with E-state index in [1.165, 1.54) is 5.69 Å². The van der Waals surface area contributed by atoms with Crippen molar-refractivity contribution < 1.29 is 0 Å².